The zero-order chi connectivity index (χ0) is 13.9. The third-order valence-electron chi connectivity index (χ3n) is 4.39. The zero-order valence-electron chi connectivity index (χ0n) is 12.4. The number of quaternary nitrogens is 1. The number of nitrogens with one attached hydrogen (secondary N) is 1. The van der Waals surface area contributed by atoms with E-state index >= 15 is 0 Å². The molecule has 1 saturated heterocycles. The average molecular weight is 271 g/mol. The van der Waals surface area contributed by atoms with Crippen LogP contribution in [0.25, 0.3) is 0 Å². The van der Waals surface area contributed by atoms with Crippen LogP contribution in [-0.2, 0) is 6.54 Å². The highest BCUT2D eigenvalue weighted by atomic mass is 16.3. The molecule has 1 N–H and O–H groups in total. The van der Waals surface area contributed by atoms with Gasteiger partial charge in [0, 0.05) is 5.69 Å². The van der Waals surface area contributed by atoms with Crippen molar-refractivity contribution in [3.63, 3.8) is 0 Å². The highest BCUT2D eigenvalue weighted by molar-refractivity contribution is 5.56. The van der Waals surface area contributed by atoms with Gasteiger partial charge in [0.05, 0.1) is 32.4 Å². The molecule has 1 aliphatic rings. The molecule has 0 atom stereocenters. The van der Waals surface area contributed by atoms with Crippen LogP contribution in [0.15, 0.2) is 41.0 Å². The van der Waals surface area contributed by atoms with Crippen molar-refractivity contribution in [1.82, 2.24) is 0 Å². The van der Waals surface area contributed by atoms with Crippen LogP contribution in [-0.4, -0.2) is 26.2 Å². The van der Waals surface area contributed by atoms with E-state index < -0.39 is 0 Å². The molecule has 0 saturated carbocycles. The first-order valence-electron chi connectivity index (χ1n) is 7.41. The summed E-state index contributed by atoms with van der Waals surface area (Å²) in [7, 11) is 0. The number of anilines is 1. The standard InChI is InChI=1S/C17H22N2O/c1-14-5-3-7-17(15(14)2)19-10-8-18(9-11-19)13-16-6-4-12-20-16/h3-7,12H,8-11,13H2,1-2H3/p+1. The van der Waals surface area contributed by atoms with E-state index in [0.717, 1.165) is 25.4 Å². The monoisotopic (exact) mass is 271 g/mol. The first-order chi connectivity index (χ1) is 9.74. The number of rotatable bonds is 3. The molecule has 0 spiro atoms. The summed E-state index contributed by atoms with van der Waals surface area (Å²) in [6.45, 7) is 10.0. The van der Waals surface area contributed by atoms with Crippen LogP contribution >= 0.6 is 0 Å². The van der Waals surface area contributed by atoms with Crippen LogP contribution in [0, 0.1) is 13.8 Å². The maximum absolute atomic E-state index is 5.45. The second-order valence-electron chi connectivity index (χ2n) is 5.71. The molecule has 0 aliphatic carbocycles. The van der Waals surface area contributed by atoms with Gasteiger partial charge in [-0.15, -0.1) is 0 Å². The van der Waals surface area contributed by atoms with Crippen molar-refractivity contribution in [3.05, 3.63) is 53.5 Å². The lowest BCUT2D eigenvalue weighted by Crippen LogP contribution is -3.13. The van der Waals surface area contributed by atoms with Crippen LogP contribution in [0.5, 0.6) is 0 Å². The molecule has 0 radical (unpaired) electrons. The summed E-state index contributed by atoms with van der Waals surface area (Å²) in [5, 5.41) is 0. The minimum atomic E-state index is 1.01. The molecule has 0 amide bonds. The molecular formula is C17H23N2O+. The van der Waals surface area contributed by atoms with Gasteiger partial charge in [-0.3, -0.25) is 0 Å². The summed E-state index contributed by atoms with van der Waals surface area (Å²) in [6, 6.07) is 10.7. The van der Waals surface area contributed by atoms with E-state index in [1.54, 1.807) is 11.2 Å². The predicted octanol–water partition coefficient (Wildman–Crippen LogP) is 1.80. The second kappa shape index (κ2) is 5.71. The van der Waals surface area contributed by atoms with E-state index in [1.165, 1.54) is 29.9 Å². The van der Waals surface area contributed by atoms with Crippen LogP contribution < -0.4 is 9.80 Å². The quantitative estimate of drug-likeness (QED) is 0.919. The molecule has 0 bridgehead atoms. The van der Waals surface area contributed by atoms with E-state index in [0.29, 0.717) is 0 Å². The number of furan rings is 1. The Labute approximate surface area is 120 Å². The van der Waals surface area contributed by atoms with Gasteiger partial charge >= 0.3 is 0 Å². The predicted molar refractivity (Wildman–Crippen MR) is 81.2 cm³/mol. The van der Waals surface area contributed by atoms with E-state index in [9.17, 15) is 0 Å². The van der Waals surface area contributed by atoms with Crippen molar-refractivity contribution in [2.75, 3.05) is 31.1 Å². The lowest BCUT2D eigenvalue weighted by molar-refractivity contribution is -0.915. The molecule has 1 aromatic carbocycles. The number of nitrogens with zero attached hydrogens (tertiary/aromatic N) is 1. The second-order valence-corrected chi connectivity index (χ2v) is 5.71. The average Bonchev–Trinajstić information content (AvgIpc) is 2.96. The number of benzene rings is 1. The molecule has 2 aromatic rings. The molecule has 1 fully saturated rings. The lowest BCUT2D eigenvalue weighted by atomic mass is 10.1. The van der Waals surface area contributed by atoms with Gasteiger partial charge < -0.3 is 14.2 Å². The molecule has 3 nitrogen and oxygen atoms in total. The number of hydrogen-bond donors (Lipinski definition) is 1. The third kappa shape index (κ3) is 2.73. The van der Waals surface area contributed by atoms with E-state index in [-0.39, 0.29) is 0 Å². The largest absolute Gasteiger partial charge is 0.463 e. The number of aryl methyl sites for hydroxylation is 1. The van der Waals surface area contributed by atoms with Gasteiger partial charge in [-0.1, -0.05) is 12.1 Å². The summed E-state index contributed by atoms with van der Waals surface area (Å²) >= 11 is 0. The van der Waals surface area contributed by atoms with Gasteiger partial charge in [0.2, 0.25) is 0 Å². The molecule has 2 heterocycles. The van der Waals surface area contributed by atoms with Crippen LogP contribution in [0.3, 0.4) is 0 Å². The fourth-order valence-electron chi connectivity index (χ4n) is 2.98. The molecule has 106 valence electrons. The Kier molecular flexibility index (Phi) is 3.79. The van der Waals surface area contributed by atoms with Crippen LogP contribution in [0.1, 0.15) is 16.9 Å². The van der Waals surface area contributed by atoms with Gasteiger partial charge in [0.25, 0.3) is 0 Å². The van der Waals surface area contributed by atoms with Gasteiger partial charge in [-0.25, -0.2) is 0 Å². The molecular weight excluding hydrogens is 248 g/mol. The Morgan fingerprint density at radius 1 is 1.10 bits per heavy atom. The highest BCUT2D eigenvalue weighted by Gasteiger charge is 2.22. The maximum Gasteiger partial charge on any atom is 0.157 e. The Balaban J connectivity index is 1.62. The zero-order valence-corrected chi connectivity index (χ0v) is 12.4. The summed E-state index contributed by atoms with van der Waals surface area (Å²) in [6.07, 6.45) is 1.77. The Bertz CT molecular complexity index is 554. The van der Waals surface area contributed by atoms with Crippen molar-refractivity contribution in [2.24, 2.45) is 0 Å². The highest BCUT2D eigenvalue weighted by Crippen LogP contribution is 2.22. The SMILES string of the molecule is Cc1cccc(N2CC[NH+](Cc3ccco3)CC2)c1C. The van der Waals surface area contributed by atoms with Crippen molar-refractivity contribution >= 4 is 5.69 Å². The van der Waals surface area contributed by atoms with Gasteiger partial charge in [-0.2, -0.15) is 0 Å². The molecule has 20 heavy (non-hydrogen) atoms. The fourth-order valence-corrected chi connectivity index (χ4v) is 2.98. The van der Waals surface area contributed by atoms with Gasteiger partial charge in [0.15, 0.2) is 5.76 Å². The third-order valence-corrected chi connectivity index (χ3v) is 4.39. The maximum atomic E-state index is 5.45. The molecule has 1 aromatic heterocycles. The van der Waals surface area contributed by atoms with E-state index in [4.69, 9.17) is 4.42 Å². The topological polar surface area (TPSA) is 20.8 Å². The molecule has 3 heteroatoms. The first-order valence-corrected chi connectivity index (χ1v) is 7.41. The lowest BCUT2D eigenvalue weighted by Gasteiger charge is -2.34. The number of piperazine rings is 1. The van der Waals surface area contributed by atoms with Crippen molar-refractivity contribution in [3.8, 4) is 0 Å². The van der Waals surface area contributed by atoms with Crippen LogP contribution in [0.4, 0.5) is 5.69 Å². The summed E-state index contributed by atoms with van der Waals surface area (Å²) in [5.74, 6) is 1.10. The Morgan fingerprint density at radius 2 is 1.90 bits per heavy atom. The summed E-state index contributed by atoms with van der Waals surface area (Å²) in [5.41, 5.74) is 4.21. The Hall–Kier alpha value is -1.74. The van der Waals surface area contributed by atoms with Crippen LogP contribution in [0.2, 0.25) is 0 Å². The summed E-state index contributed by atoms with van der Waals surface area (Å²) < 4.78 is 5.45. The smallest absolute Gasteiger partial charge is 0.157 e. The first kappa shape index (κ1) is 13.3. The van der Waals surface area contributed by atoms with Crippen molar-refractivity contribution in [1.29, 1.82) is 0 Å². The minimum absolute atomic E-state index is 1.01. The Morgan fingerprint density at radius 3 is 2.60 bits per heavy atom. The minimum Gasteiger partial charge on any atom is -0.463 e. The fraction of sp³-hybridized carbons (Fsp3) is 0.412. The van der Waals surface area contributed by atoms with E-state index in [1.807, 2.05) is 6.07 Å². The van der Waals surface area contributed by atoms with Gasteiger partial charge in [-0.05, 0) is 43.2 Å². The van der Waals surface area contributed by atoms with Gasteiger partial charge in [0.1, 0.15) is 6.54 Å². The normalized spacial score (nSPS) is 16.6. The number of hydrogen-bond acceptors (Lipinski definition) is 2. The summed E-state index contributed by atoms with van der Waals surface area (Å²) in [4.78, 5) is 4.13. The van der Waals surface area contributed by atoms with Crippen molar-refractivity contribution < 1.29 is 9.32 Å². The molecule has 3 rings (SSSR count). The molecule has 0 unspecified atom stereocenters. The van der Waals surface area contributed by atoms with E-state index in [2.05, 4.69) is 43.0 Å². The molecule has 1 aliphatic heterocycles. The van der Waals surface area contributed by atoms with Crippen molar-refractivity contribution in [2.45, 2.75) is 20.4 Å².